The fraction of sp³-hybridized carbons (Fsp3) is 0.250. The van der Waals surface area contributed by atoms with E-state index in [0.717, 1.165) is 13.0 Å². The predicted octanol–water partition coefficient (Wildman–Crippen LogP) is 2.41. The van der Waals surface area contributed by atoms with E-state index in [1.807, 2.05) is 0 Å². The Kier molecular flexibility index (Phi) is 2.10. The number of benzene rings is 2. The third kappa shape index (κ3) is 1.25. The molecule has 18 heavy (non-hydrogen) atoms. The van der Waals surface area contributed by atoms with Crippen molar-refractivity contribution in [3.8, 4) is 0 Å². The molecule has 90 valence electrons. The summed E-state index contributed by atoms with van der Waals surface area (Å²) < 4.78 is 6.12. The van der Waals surface area contributed by atoms with Crippen molar-refractivity contribution in [3.63, 3.8) is 0 Å². The van der Waals surface area contributed by atoms with Gasteiger partial charge in [0.15, 0.2) is 0 Å². The lowest BCUT2D eigenvalue weighted by molar-refractivity contribution is 0.0389. The van der Waals surface area contributed by atoms with Gasteiger partial charge in [0.25, 0.3) is 0 Å². The summed E-state index contributed by atoms with van der Waals surface area (Å²) >= 11 is 0. The molecule has 1 aliphatic carbocycles. The minimum absolute atomic E-state index is 0.272. The van der Waals surface area contributed by atoms with Crippen molar-refractivity contribution < 1.29 is 4.74 Å². The minimum atomic E-state index is -0.272. The van der Waals surface area contributed by atoms with Gasteiger partial charge in [0, 0.05) is 6.54 Å². The van der Waals surface area contributed by atoms with Gasteiger partial charge < -0.3 is 4.74 Å². The number of rotatable bonds is 0. The normalized spacial score (nSPS) is 19.6. The van der Waals surface area contributed by atoms with Gasteiger partial charge in [0.1, 0.15) is 5.60 Å². The third-order valence-corrected chi connectivity index (χ3v) is 4.08. The molecule has 1 aliphatic heterocycles. The molecule has 2 aromatic rings. The lowest BCUT2D eigenvalue weighted by Crippen LogP contribution is -2.36. The maximum Gasteiger partial charge on any atom is 0.133 e. The first kappa shape index (κ1) is 10.3. The average molecular weight is 237 g/mol. The van der Waals surface area contributed by atoms with E-state index in [9.17, 15) is 0 Å². The van der Waals surface area contributed by atoms with Gasteiger partial charge >= 0.3 is 0 Å². The largest absolute Gasteiger partial charge is 0.349 e. The molecule has 2 aliphatic rings. The van der Waals surface area contributed by atoms with Crippen LogP contribution in [0, 0.1) is 0 Å². The number of nitrogens with one attached hydrogen (secondary N) is 1. The van der Waals surface area contributed by atoms with Crippen LogP contribution in [-0.4, -0.2) is 13.3 Å². The summed E-state index contributed by atoms with van der Waals surface area (Å²) in [6, 6.07) is 17.3. The number of ether oxygens (including phenoxy) is 1. The smallest absolute Gasteiger partial charge is 0.133 e. The van der Waals surface area contributed by atoms with Crippen molar-refractivity contribution in [2.45, 2.75) is 12.0 Å². The summed E-state index contributed by atoms with van der Waals surface area (Å²) in [5.74, 6) is 0. The summed E-state index contributed by atoms with van der Waals surface area (Å²) in [7, 11) is 0. The Morgan fingerprint density at radius 3 is 2.06 bits per heavy atom. The molecule has 1 heterocycles. The van der Waals surface area contributed by atoms with E-state index in [1.165, 1.54) is 22.3 Å². The lowest BCUT2D eigenvalue weighted by atomic mass is 9.75. The summed E-state index contributed by atoms with van der Waals surface area (Å²) in [6.45, 7) is 1.49. The van der Waals surface area contributed by atoms with Gasteiger partial charge in [-0.25, -0.2) is 0 Å². The Morgan fingerprint density at radius 2 is 1.50 bits per heavy atom. The van der Waals surface area contributed by atoms with E-state index in [0.29, 0.717) is 6.73 Å². The van der Waals surface area contributed by atoms with Crippen LogP contribution < -0.4 is 5.32 Å². The van der Waals surface area contributed by atoms with Crippen LogP contribution >= 0.6 is 0 Å². The number of fused-ring (bicyclic) bond motifs is 4. The number of hydrogen-bond acceptors (Lipinski definition) is 2. The van der Waals surface area contributed by atoms with Gasteiger partial charge in [-0.05, 0) is 28.7 Å². The quantitative estimate of drug-likeness (QED) is 0.759. The molecule has 0 unspecified atom stereocenters. The second kappa shape index (κ2) is 3.67. The first-order chi connectivity index (χ1) is 8.90. The summed E-state index contributed by atoms with van der Waals surface area (Å²) in [5.41, 5.74) is 5.16. The van der Waals surface area contributed by atoms with Crippen LogP contribution in [0.25, 0.3) is 0 Å². The molecule has 0 bridgehead atoms. The van der Waals surface area contributed by atoms with E-state index >= 15 is 0 Å². The molecule has 1 spiro atoms. The van der Waals surface area contributed by atoms with Crippen molar-refractivity contribution in [2.75, 3.05) is 13.3 Å². The van der Waals surface area contributed by atoms with Crippen LogP contribution in [0.1, 0.15) is 22.3 Å². The number of hydrogen-bond donors (Lipinski definition) is 1. The van der Waals surface area contributed by atoms with Crippen LogP contribution in [0.5, 0.6) is 0 Å². The summed E-state index contributed by atoms with van der Waals surface area (Å²) in [6.07, 6.45) is 1.01. The fourth-order valence-electron chi connectivity index (χ4n) is 3.29. The van der Waals surface area contributed by atoms with Crippen LogP contribution in [0.2, 0.25) is 0 Å². The molecule has 0 saturated carbocycles. The van der Waals surface area contributed by atoms with Crippen molar-refractivity contribution >= 4 is 0 Å². The molecule has 0 radical (unpaired) electrons. The molecule has 0 atom stereocenters. The zero-order chi connectivity index (χ0) is 12.0. The fourth-order valence-corrected chi connectivity index (χ4v) is 3.29. The average Bonchev–Trinajstić information content (AvgIpc) is 2.90. The third-order valence-electron chi connectivity index (χ3n) is 4.08. The van der Waals surface area contributed by atoms with E-state index in [1.54, 1.807) is 0 Å². The molecular weight excluding hydrogens is 222 g/mol. The minimum Gasteiger partial charge on any atom is -0.349 e. The van der Waals surface area contributed by atoms with E-state index in [4.69, 9.17) is 4.74 Å². The molecule has 0 aromatic heterocycles. The molecule has 4 rings (SSSR count). The SMILES string of the molecule is c1ccc2c(c1)Cc1ccccc1C21CNCO1. The molecule has 1 fully saturated rings. The second-order valence-corrected chi connectivity index (χ2v) is 5.03. The lowest BCUT2D eigenvalue weighted by Gasteiger charge is -2.36. The van der Waals surface area contributed by atoms with Crippen molar-refractivity contribution in [2.24, 2.45) is 0 Å². The van der Waals surface area contributed by atoms with Crippen molar-refractivity contribution in [3.05, 3.63) is 70.8 Å². The Hall–Kier alpha value is -1.64. The second-order valence-electron chi connectivity index (χ2n) is 5.03. The predicted molar refractivity (Wildman–Crippen MR) is 70.4 cm³/mol. The Morgan fingerprint density at radius 1 is 0.889 bits per heavy atom. The molecule has 2 nitrogen and oxygen atoms in total. The zero-order valence-corrected chi connectivity index (χ0v) is 10.1. The highest BCUT2D eigenvalue weighted by Crippen LogP contribution is 2.43. The standard InChI is InChI=1S/C16H15NO/c1-3-7-14-12(5-1)9-13-6-2-4-8-15(13)16(14)10-17-11-18-16/h1-8,17H,9-11H2. The monoisotopic (exact) mass is 237 g/mol. The molecule has 1 saturated heterocycles. The molecule has 0 amide bonds. The van der Waals surface area contributed by atoms with E-state index < -0.39 is 0 Å². The maximum absolute atomic E-state index is 6.12. The molecule has 2 aromatic carbocycles. The van der Waals surface area contributed by atoms with Crippen molar-refractivity contribution in [1.82, 2.24) is 5.32 Å². The van der Waals surface area contributed by atoms with Crippen LogP contribution in [-0.2, 0) is 16.8 Å². The highest BCUT2D eigenvalue weighted by molar-refractivity contribution is 5.52. The van der Waals surface area contributed by atoms with Crippen LogP contribution in [0.3, 0.4) is 0 Å². The topological polar surface area (TPSA) is 21.3 Å². The first-order valence-electron chi connectivity index (χ1n) is 6.42. The Bertz CT molecular complexity index is 552. The molecule has 2 heteroatoms. The Balaban J connectivity index is 2.01. The van der Waals surface area contributed by atoms with E-state index in [2.05, 4.69) is 53.8 Å². The zero-order valence-electron chi connectivity index (χ0n) is 10.1. The van der Waals surface area contributed by atoms with Gasteiger partial charge in [-0.2, -0.15) is 0 Å². The van der Waals surface area contributed by atoms with Crippen molar-refractivity contribution in [1.29, 1.82) is 0 Å². The summed E-state index contributed by atoms with van der Waals surface area (Å²) in [4.78, 5) is 0. The summed E-state index contributed by atoms with van der Waals surface area (Å²) in [5, 5.41) is 3.34. The van der Waals surface area contributed by atoms with Gasteiger partial charge in [-0.3, -0.25) is 5.32 Å². The molecular formula is C16H15NO. The highest BCUT2D eigenvalue weighted by Gasteiger charge is 2.43. The van der Waals surface area contributed by atoms with Crippen LogP contribution in [0.4, 0.5) is 0 Å². The van der Waals surface area contributed by atoms with Gasteiger partial charge in [-0.15, -0.1) is 0 Å². The van der Waals surface area contributed by atoms with Crippen LogP contribution in [0.15, 0.2) is 48.5 Å². The van der Waals surface area contributed by atoms with E-state index in [-0.39, 0.29) is 5.60 Å². The van der Waals surface area contributed by atoms with Gasteiger partial charge in [-0.1, -0.05) is 48.5 Å². The highest BCUT2D eigenvalue weighted by atomic mass is 16.5. The van der Waals surface area contributed by atoms with Gasteiger partial charge in [0.05, 0.1) is 6.73 Å². The first-order valence-corrected chi connectivity index (χ1v) is 6.42. The Labute approximate surface area is 107 Å². The molecule has 1 N–H and O–H groups in total. The van der Waals surface area contributed by atoms with Gasteiger partial charge in [0.2, 0.25) is 0 Å². The maximum atomic E-state index is 6.12.